The number of amidine groups is 1. The van der Waals surface area contributed by atoms with Crippen LogP contribution in [0.4, 0.5) is 8.78 Å². The summed E-state index contributed by atoms with van der Waals surface area (Å²) in [6.45, 7) is 1.90. The number of aromatic nitrogens is 2. The Morgan fingerprint density at radius 2 is 2.25 bits per heavy atom. The summed E-state index contributed by atoms with van der Waals surface area (Å²) >= 11 is 0. The first-order valence-corrected chi connectivity index (χ1v) is 6.12. The molecule has 1 aliphatic heterocycles. The zero-order chi connectivity index (χ0) is 14.5. The van der Waals surface area contributed by atoms with Crippen molar-refractivity contribution in [1.29, 1.82) is 0 Å². The number of aryl methyl sites for hydroxylation is 1. The van der Waals surface area contributed by atoms with Gasteiger partial charge in [-0.15, -0.1) is 0 Å². The number of rotatable bonds is 3. The SMILES string of the molecule is CC1=N/C(=N\OC(=O)c2cc(C(F)F)n(C)n2)C12CC2. The molecule has 0 bridgehead atoms. The average Bonchev–Trinajstić information content (AvgIpc) is 3.14. The van der Waals surface area contributed by atoms with Crippen molar-refractivity contribution in [1.82, 2.24) is 9.78 Å². The number of halogens is 2. The smallest absolute Gasteiger partial charge is 0.309 e. The highest BCUT2D eigenvalue weighted by Gasteiger charge is 2.56. The fourth-order valence-electron chi connectivity index (χ4n) is 2.22. The molecule has 0 N–H and O–H groups in total. The number of nitrogens with zero attached hydrogens (tertiary/aromatic N) is 4. The molecule has 1 fully saturated rings. The predicted molar refractivity (Wildman–Crippen MR) is 65.8 cm³/mol. The molecule has 1 spiro atoms. The molecule has 1 aromatic heterocycles. The summed E-state index contributed by atoms with van der Waals surface area (Å²) in [5.74, 6) is -0.371. The Balaban J connectivity index is 1.72. The normalized spacial score (nSPS) is 21.1. The van der Waals surface area contributed by atoms with Crippen molar-refractivity contribution in [3.05, 3.63) is 17.5 Å². The summed E-state index contributed by atoms with van der Waals surface area (Å²) in [6, 6.07) is 0.995. The molecule has 0 saturated heterocycles. The lowest BCUT2D eigenvalue weighted by atomic mass is 9.94. The van der Waals surface area contributed by atoms with Crippen LogP contribution in [-0.4, -0.2) is 27.3 Å². The van der Waals surface area contributed by atoms with Gasteiger partial charge in [0.05, 0.1) is 5.41 Å². The highest BCUT2D eigenvalue weighted by molar-refractivity contribution is 6.25. The van der Waals surface area contributed by atoms with Crippen LogP contribution in [0, 0.1) is 5.41 Å². The molecule has 0 amide bonds. The van der Waals surface area contributed by atoms with Gasteiger partial charge in [0.15, 0.2) is 11.5 Å². The third kappa shape index (κ3) is 1.83. The second kappa shape index (κ2) is 4.19. The van der Waals surface area contributed by atoms with Crippen LogP contribution in [0.25, 0.3) is 0 Å². The summed E-state index contributed by atoms with van der Waals surface area (Å²) in [6.07, 6.45) is -0.788. The van der Waals surface area contributed by atoms with Crippen molar-refractivity contribution in [2.75, 3.05) is 0 Å². The third-order valence-electron chi connectivity index (χ3n) is 3.71. The summed E-state index contributed by atoms with van der Waals surface area (Å²) in [5.41, 5.74) is 0.348. The molecule has 3 rings (SSSR count). The molecule has 1 aromatic rings. The molecular weight excluding hydrogens is 270 g/mol. The molecule has 8 heteroatoms. The van der Waals surface area contributed by atoms with Crippen LogP contribution in [0.3, 0.4) is 0 Å². The lowest BCUT2D eigenvalue weighted by Gasteiger charge is -2.22. The van der Waals surface area contributed by atoms with Crippen LogP contribution < -0.4 is 0 Å². The maximum Gasteiger partial charge on any atom is 0.385 e. The second-order valence-corrected chi connectivity index (χ2v) is 4.95. The zero-order valence-electron chi connectivity index (χ0n) is 10.9. The topological polar surface area (TPSA) is 68.8 Å². The quantitative estimate of drug-likeness (QED) is 0.629. The van der Waals surface area contributed by atoms with Crippen molar-refractivity contribution in [2.45, 2.75) is 26.2 Å². The van der Waals surface area contributed by atoms with Gasteiger partial charge in [-0.3, -0.25) is 4.68 Å². The lowest BCUT2D eigenvalue weighted by Crippen LogP contribution is -2.33. The summed E-state index contributed by atoms with van der Waals surface area (Å²) in [5, 5.41) is 7.38. The van der Waals surface area contributed by atoms with Crippen LogP contribution in [0.1, 0.15) is 42.4 Å². The molecule has 20 heavy (non-hydrogen) atoms. The van der Waals surface area contributed by atoms with E-state index in [1.165, 1.54) is 7.05 Å². The molecule has 1 aliphatic carbocycles. The lowest BCUT2D eigenvalue weighted by molar-refractivity contribution is 0.0505. The van der Waals surface area contributed by atoms with Gasteiger partial charge >= 0.3 is 5.97 Å². The number of alkyl halides is 2. The van der Waals surface area contributed by atoms with E-state index in [-0.39, 0.29) is 16.8 Å². The number of carbonyl (C=O) groups is 1. The molecule has 0 unspecified atom stereocenters. The Bertz CT molecular complexity index is 644. The van der Waals surface area contributed by atoms with Crippen LogP contribution in [-0.2, 0) is 11.9 Å². The molecule has 106 valence electrons. The Kier molecular flexibility index (Phi) is 2.70. The number of hydrogen-bond donors (Lipinski definition) is 0. The van der Waals surface area contributed by atoms with E-state index in [0.29, 0.717) is 5.84 Å². The molecule has 0 atom stereocenters. The zero-order valence-corrected chi connectivity index (χ0v) is 10.9. The first kappa shape index (κ1) is 12.9. The van der Waals surface area contributed by atoms with E-state index in [4.69, 9.17) is 4.84 Å². The van der Waals surface area contributed by atoms with Crippen LogP contribution in [0.15, 0.2) is 16.2 Å². The second-order valence-electron chi connectivity index (χ2n) is 4.95. The van der Waals surface area contributed by atoms with Gasteiger partial charge in [0.25, 0.3) is 6.43 Å². The monoisotopic (exact) mass is 282 g/mol. The summed E-state index contributed by atoms with van der Waals surface area (Å²) in [7, 11) is 1.34. The van der Waals surface area contributed by atoms with Gasteiger partial charge in [0.2, 0.25) is 0 Å². The highest BCUT2D eigenvalue weighted by atomic mass is 19.3. The fourth-order valence-corrected chi connectivity index (χ4v) is 2.22. The number of oxime groups is 1. The Morgan fingerprint density at radius 1 is 1.55 bits per heavy atom. The maximum absolute atomic E-state index is 12.6. The minimum absolute atomic E-state index is 0.0987. The van der Waals surface area contributed by atoms with Gasteiger partial charge in [-0.2, -0.15) is 5.10 Å². The molecule has 0 aromatic carbocycles. The molecule has 2 aliphatic rings. The fraction of sp³-hybridized carbons (Fsp3) is 0.500. The molecule has 6 nitrogen and oxygen atoms in total. The van der Waals surface area contributed by atoms with E-state index in [1.54, 1.807) is 0 Å². The van der Waals surface area contributed by atoms with E-state index < -0.39 is 12.4 Å². The van der Waals surface area contributed by atoms with Gasteiger partial charge in [-0.1, -0.05) is 5.16 Å². The van der Waals surface area contributed by atoms with Gasteiger partial charge in [0, 0.05) is 18.8 Å². The van der Waals surface area contributed by atoms with E-state index in [0.717, 1.165) is 29.3 Å². The number of hydrogen-bond acceptors (Lipinski definition) is 4. The Morgan fingerprint density at radius 3 is 2.75 bits per heavy atom. The van der Waals surface area contributed by atoms with Crippen molar-refractivity contribution in [2.24, 2.45) is 22.6 Å². The van der Waals surface area contributed by atoms with Crippen LogP contribution >= 0.6 is 0 Å². The largest absolute Gasteiger partial charge is 0.385 e. The van der Waals surface area contributed by atoms with Crippen molar-refractivity contribution >= 4 is 17.5 Å². The maximum atomic E-state index is 12.6. The van der Waals surface area contributed by atoms with Crippen LogP contribution in [0.2, 0.25) is 0 Å². The molecule has 1 saturated carbocycles. The molecule has 0 radical (unpaired) electrons. The minimum Gasteiger partial charge on any atom is -0.309 e. The predicted octanol–water partition coefficient (Wildman–Crippen LogP) is 2.08. The highest BCUT2D eigenvalue weighted by Crippen LogP contribution is 2.53. The first-order chi connectivity index (χ1) is 9.44. The Hall–Kier alpha value is -2.12. The minimum atomic E-state index is -2.70. The average molecular weight is 282 g/mol. The van der Waals surface area contributed by atoms with Gasteiger partial charge in [-0.05, 0) is 19.8 Å². The van der Waals surface area contributed by atoms with E-state index in [1.807, 2.05) is 6.92 Å². The Labute approximate surface area is 113 Å². The van der Waals surface area contributed by atoms with E-state index >= 15 is 0 Å². The van der Waals surface area contributed by atoms with E-state index in [9.17, 15) is 13.6 Å². The van der Waals surface area contributed by atoms with Crippen molar-refractivity contribution in [3.8, 4) is 0 Å². The van der Waals surface area contributed by atoms with Gasteiger partial charge in [0.1, 0.15) is 5.69 Å². The van der Waals surface area contributed by atoms with Crippen LogP contribution in [0.5, 0.6) is 0 Å². The molecule has 2 heterocycles. The van der Waals surface area contributed by atoms with E-state index in [2.05, 4.69) is 15.2 Å². The standard InChI is InChI=1S/C12H12F2N4O2/c1-6-12(3-4-12)11(15-6)17-20-10(19)7-5-8(9(13)14)18(2)16-7/h5,9H,3-4H2,1-2H3/b17-11-. The van der Waals surface area contributed by atoms with Crippen molar-refractivity contribution in [3.63, 3.8) is 0 Å². The van der Waals surface area contributed by atoms with Gasteiger partial charge < -0.3 is 4.84 Å². The molecular formula is C12H12F2N4O2. The number of aliphatic imine (C=N–C) groups is 1. The first-order valence-electron chi connectivity index (χ1n) is 6.12. The third-order valence-corrected chi connectivity index (χ3v) is 3.71. The van der Waals surface area contributed by atoms with Gasteiger partial charge in [-0.25, -0.2) is 18.6 Å². The number of carbonyl (C=O) groups excluding carboxylic acids is 1. The summed E-state index contributed by atoms with van der Waals surface area (Å²) < 4.78 is 26.1. The summed E-state index contributed by atoms with van der Waals surface area (Å²) in [4.78, 5) is 20.5. The van der Waals surface area contributed by atoms with Crippen molar-refractivity contribution < 1.29 is 18.4 Å².